The zero-order valence-electron chi connectivity index (χ0n) is 3.76. The molecule has 0 atom stereocenters. The van der Waals surface area contributed by atoms with Gasteiger partial charge in [0.25, 0.3) is 0 Å². The van der Waals surface area contributed by atoms with Crippen molar-refractivity contribution in [2.45, 2.75) is 6.42 Å². The number of rotatable bonds is 0. The second-order valence-corrected chi connectivity index (χ2v) is 1.68. The third kappa shape index (κ3) is 1.27. The molecule has 0 bridgehead atoms. The summed E-state index contributed by atoms with van der Waals surface area (Å²) in [6.45, 7) is 0.513. The highest BCUT2D eigenvalue weighted by Crippen LogP contribution is 1.95. The van der Waals surface area contributed by atoms with Gasteiger partial charge in [-0.1, -0.05) is 11.6 Å². The molecule has 1 aliphatic rings. The maximum atomic E-state index is 5.48. The van der Waals surface area contributed by atoms with Crippen LogP contribution in [0.25, 0.3) is 0 Å². The van der Waals surface area contributed by atoms with Gasteiger partial charge in [-0.2, -0.15) is 0 Å². The Balaban J connectivity index is 2.50. The summed E-state index contributed by atoms with van der Waals surface area (Å²) >= 11 is 5.48. The van der Waals surface area contributed by atoms with Crippen LogP contribution in [0.3, 0.4) is 0 Å². The second-order valence-electron chi connectivity index (χ2n) is 1.25. The predicted octanol–water partition coefficient (Wildman–Crippen LogP) is 1.06. The summed E-state index contributed by atoms with van der Waals surface area (Å²) in [6.07, 6.45) is 2.48. The fourth-order valence-electron chi connectivity index (χ4n) is 0.380. The summed E-state index contributed by atoms with van der Waals surface area (Å²) < 4.78 is 0. The highest BCUT2D eigenvalue weighted by Gasteiger charge is 1.92. The van der Waals surface area contributed by atoms with E-state index >= 15 is 0 Å². The molecule has 0 N–H and O–H groups in total. The molecule has 0 unspecified atom stereocenters. The summed E-state index contributed by atoms with van der Waals surface area (Å²) in [7, 11) is 0. The van der Waals surface area contributed by atoms with Crippen molar-refractivity contribution in [1.29, 1.82) is 0 Å². The van der Waals surface area contributed by atoms with Crippen molar-refractivity contribution in [2.75, 3.05) is 6.67 Å². The van der Waals surface area contributed by atoms with E-state index < -0.39 is 0 Å². The first kappa shape index (κ1) is 4.78. The van der Waals surface area contributed by atoms with Gasteiger partial charge in [0.1, 0.15) is 11.8 Å². The molecule has 38 valence electrons. The maximum Gasteiger partial charge on any atom is 0.130 e. The van der Waals surface area contributed by atoms with Crippen LogP contribution in [-0.4, -0.2) is 18.1 Å². The average molecular weight is 117 g/mol. The fourth-order valence-corrected chi connectivity index (χ4v) is 0.502. The Morgan fingerprint density at radius 3 is 2.86 bits per heavy atom. The zero-order valence-corrected chi connectivity index (χ0v) is 4.52. The molecule has 2 nitrogen and oxygen atoms in total. The van der Waals surface area contributed by atoms with E-state index in [9.17, 15) is 0 Å². The van der Waals surface area contributed by atoms with Crippen molar-refractivity contribution in [3.63, 3.8) is 0 Å². The normalized spacial score (nSPS) is 19.3. The van der Waals surface area contributed by atoms with Crippen LogP contribution in [0.5, 0.6) is 0 Å². The van der Waals surface area contributed by atoms with Gasteiger partial charge in [-0.05, 0) is 0 Å². The Labute approximate surface area is 46.9 Å². The Morgan fingerprint density at radius 2 is 2.57 bits per heavy atom. The van der Waals surface area contributed by atoms with E-state index in [0.29, 0.717) is 18.3 Å². The lowest BCUT2D eigenvalue weighted by Crippen LogP contribution is -1.95. The molecular formula is C4H5ClN2. The van der Waals surface area contributed by atoms with E-state index in [4.69, 9.17) is 11.6 Å². The average Bonchev–Trinajstić information content (AvgIpc) is 1.69. The highest BCUT2D eigenvalue weighted by molar-refractivity contribution is 6.66. The molecule has 3 heteroatoms. The van der Waals surface area contributed by atoms with Gasteiger partial charge in [0, 0.05) is 12.6 Å². The van der Waals surface area contributed by atoms with E-state index in [1.807, 2.05) is 0 Å². The van der Waals surface area contributed by atoms with Crippen LogP contribution in [0, 0.1) is 0 Å². The molecule has 0 spiro atoms. The molecule has 0 fully saturated rings. The monoisotopic (exact) mass is 116 g/mol. The lowest BCUT2D eigenvalue weighted by Gasteiger charge is -1.94. The number of nitrogens with zero attached hydrogens (tertiary/aromatic N) is 2. The van der Waals surface area contributed by atoms with Crippen LogP contribution in [0.2, 0.25) is 0 Å². The van der Waals surface area contributed by atoms with Gasteiger partial charge in [-0.15, -0.1) is 0 Å². The molecular weight excluding hydrogens is 112 g/mol. The van der Waals surface area contributed by atoms with Gasteiger partial charge in [0.05, 0.1) is 0 Å². The molecule has 0 radical (unpaired) electrons. The van der Waals surface area contributed by atoms with Crippen molar-refractivity contribution < 1.29 is 0 Å². The smallest absolute Gasteiger partial charge is 0.130 e. The number of hydrogen-bond donors (Lipinski definition) is 0. The van der Waals surface area contributed by atoms with Crippen LogP contribution >= 0.6 is 11.6 Å². The van der Waals surface area contributed by atoms with Gasteiger partial charge in [0.2, 0.25) is 0 Å². The lowest BCUT2D eigenvalue weighted by atomic mass is 10.5. The molecule has 1 aliphatic heterocycles. The van der Waals surface area contributed by atoms with Crippen LogP contribution < -0.4 is 0 Å². The summed E-state index contributed by atoms with van der Waals surface area (Å²) in [6, 6.07) is 0. The number of hydrogen-bond acceptors (Lipinski definition) is 2. The van der Waals surface area contributed by atoms with Crippen molar-refractivity contribution in [1.82, 2.24) is 0 Å². The largest absolute Gasteiger partial charge is 0.274 e. The Bertz CT molecular complexity index is 117. The zero-order chi connectivity index (χ0) is 5.11. The summed E-state index contributed by atoms with van der Waals surface area (Å²) in [5.41, 5.74) is 0. The van der Waals surface area contributed by atoms with Crippen LogP contribution in [0.15, 0.2) is 9.98 Å². The van der Waals surface area contributed by atoms with Gasteiger partial charge in [0.15, 0.2) is 0 Å². The SMILES string of the molecule is ClC1=NCN=CC1. The van der Waals surface area contributed by atoms with E-state index in [1.54, 1.807) is 6.21 Å². The van der Waals surface area contributed by atoms with Crippen molar-refractivity contribution >= 4 is 23.0 Å². The third-order valence-electron chi connectivity index (χ3n) is 0.713. The molecule has 0 aliphatic carbocycles. The molecule has 0 amide bonds. The van der Waals surface area contributed by atoms with Crippen molar-refractivity contribution in [2.24, 2.45) is 9.98 Å². The Morgan fingerprint density at radius 1 is 1.71 bits per heavy atom. The van der Waals surface area contributed by atoms with E-state index in [0.717, 1.165) is 0 Å². The molecule has 1 rings (SSSR count). The quantitative estimate of drug-likeness (QED) is 0.452. The molecule has 7 heavy (non-hydrogen) atoms. The molecule has 1 heterocycles. The Kier molecular flexibility index (Phi) is 1.42. The van der Waals surface area contributed by atoms with Crippen LogP contribution in [0.4, 0.5) is 0 Å². The van der Waals surface area contributed by atoms with E-state index in [1.165, 1.54) is 0 Å². The standard InChI is InChI=1S/C4H5ClN2/c5-4-1-2-6-3-7-4/h2H,1,3H2. The van der Waals surface area contributed by atoms with Crippen LogP contribution in [-0.2, 0) is 0 Å². The molecule has 0 saturated heterocycles. The lowest BCUT2D eigenvalue weighted by molar-refractivity contribution is 1.05. The molecule has 0 aromatic rings. The predicted molar refractivity (Wildman–Crippen MR) is 31.3 cm³/mol. The summed E-state index contributed by atoms with van der Waals surface area (Å²) in [5.74, 6) is 0. The first-order valence-corrected chi connectivity index (χ1v) is 2.44. The first-order valence-electron chi connectivity index (χ1n) is 2.07. The minimum atomic E-state index is 0.513. The minimum Gasteiger partial charge on any atom is -0.274 e. The third-order valence-corrected chi connectivity index (χ3v) is 0.987. The molecule has 0 aromatic carbocycles. The molecule has 0 aromatic heterocycles. The second kappa shape index (κ2) is 2.07. The Hall–Kier alpha value is -0.370. The van der Waals surface area contributed by atoms with E-state index in [-0.39, 0.29) is 0 Å². The molecule has 0 saturated carbocycles. The summed E-state index contributed by atoms with van der Waals surface area (Å²) in [5, 5.41) is 0.662. The van der Waals surface area contributed by atoms with E-state index in [2.05, 4.69) is 9.98 Å². The van der Waals surface area contributed by atoms with Gasteiger partial charge < -0.3 is 0 Å². The fraction of sp³-hybridized carbons (Fsp3) is 0.500. The topological polar surface area (TPSA) is 24.7 Å². The van der Waals surface area contributed by atoms with Gasteiger partial charge >= 0.3 is 0 Å². The van der Waals surface area contributed by atoms with Crippen molar-refractivity contribution in [3.05, 3.63) is 0 Å². The number of halogens is 1. The first-order chi connectivity index (χ1) is 3.39. The number of aliphatic imine (C=N–C) groups is 2. The van der Waals surface area contributed by atoms with Gasteiger partial charge in [-0.25, -0.2) is 0 Å². The highest BCUT2D eigenvalue weighted by atomic mass is 35.5. The maximum absolute atomic E-state index is 5.48. The van der Waals surface area contributed by atoms with Gasteiger partial charge in [-0.3, -0.25) is 9.98 Å². The van der Waals surface area contributed by atoms with Crippen molar-refractivity contribution in [3.8, 4) is 0 Å². The summed E-state index contributed by atoms with van der Waals surface area (Å²) in [4.78, 5) is 7.64. The van der Waals surface area contributed by atoms with Crippen LogP contribution in [0.1, 0.15) is 6.42 Å². The minimum absolute atomic E-state index is 0.513.